The molecule has 5 rings (SSSR count). The summed E-state index contributed by atoms with van der Waals surface area (Å²) in [5.41, 5.74) is 0.741. The summed E-state index contributed by atoms with van der Waals surface area (Å²) in [5, 5.41) is 10.7. The molecule has 1 amide bonds. The summed E-state index contributed by atoms with van der Waals surface area (Å²) in [6.45, 7) is 2.75. The van der Waals surface area contributed by atoms with Crippen molar-refractivity contribution < 1.29 is 23.4 Å². The number of nitrogens with zero attached hydrogens (tertiary/aromatic N) is 4. The van der Waals surface area contributed by atoms with Crippen LogP contribution in [0.1, 0.15) is 54.9 Å². The number of likely N-dealkylation sites (tertiary alicyclic amines) is 1. The minimum absolute atomic E-state index is 0.131. The Labute approximate surface area is 178 Å². The van der Waals surface area contributed by atoms with Gasteiger partial charge in [0.1, 0.15) is 23.6 Å². The van der Waals surface area contributed by atoms with Crippen LogP contribution in [0.2, 0.25) is 0 Å². The number of ether oxygens (including phenoxy) is 1. The van der Waals surface area contributed by atoms with Gasteiger partial charge in [-0.15, -0.1) is 0 Å². The Morgan fingerprint density at radius 1 is 1.13 bits per heavy atom. The topological polar surface area (TPSA) is 78.8 Å². The molecule has 1 aromatic heterocycles. The van der Waals surface area contributed by atoms with Gasteiger partial charge in [0.25, 0.3) is 5.91 Å². The molecule has 7 nitrogen and oxygen atoms in total. The summed E-state index contributed by atoms with van der Waals surface area (Å²) in [6, 6.07) is 3.01. The second-order valence-corrected chi connectivity index (χ2v) is 8.57. The number of aliphatic hydroxyl groups is 1. The van der Waals surface area contributed by atoms with Crippen molar-refractivity contribution in [3.63, 3.8) is 0 Å². The molecule has 0 aliphatic carbocycles. The average Bonchev–Trinajstić information content (AvgIpc) is 3.26. The average molecular weight is 430 g/mol. The number of amides is 1. The quantitative estimate of drug-likeness (QED) is 0.807. The van der Waals surface area contributed by atoms with Crippen LogP contribution in [0.25, 0.3) is 0 Å². The van der Waals surface area contributed by atoms with Gasteiger partial charge in [-0.3, -0.25) is 19.7 Å². The van der Waals surface area contributed by atoms with Crippen molar-refractivity contribution in [2.45, 2.75) is 56.7 Å². The molecule has 164 valence electrons. The van der Waals surface area contributed by atoms with E-state index in [4.69, 9.17) is 4.74 Å². The van der Waals surface area contributed by atoms with Gasteiger partial charge in [0, 0.05) is 25.4 Å². The lowest BCUT2D eigenvalue weighted by molar-refractivity contribution is -0.147. The fourth-order valence-corrected chi connectivity index (χ4v) is 4.99. The molecule has 3 saturated heterocycles. The maximum absolute atomic E-state index is 13.7. The van der Waals surface area contributed by atoms with Crippen LogP contribution in [0.4, 0.5) is 8.78 Å². The highest BCUT2D eigenvalue weighted by atomic mass is 19.1. The Hall–Kier alpha value is -2.49. The summed E-state index contributed by atoms with van der Waals surface area (Å²) >= 11 is 0. The zero-order chi connectivity index (χ0) is 21.8. The normalized spacial score (nSPS) is 26.5. The number of aromatic nitrogens is 2. The second-order valence-electron chi connectivity index (χ2n) is 8.57. The minimum Gasteiger partial charge on any atom is -0.372 e. The van der Waals surface area contributed by atoms with Crippen molar-refractivity contribution in [3.05, 3.63) is 59.2 Å². The fourth-order valence-electron chi connectivity index (χ4n) is 4.99. The monoisotopic (exact) mass is 430 g/mol. The first-order chi connectivity index (χ1) is 14.9. The Morgan fingerprint density at radius 2 is 1.84 bits per heavy atom. The number of piperidine rings is 1. The highest BCUT2D eigenvalue weighted by Gasteiger charge is 2.58. The molecular formula is C22H24F2N4O3. The van der Waals surface area contributed by atoms with E-state index >= 15 is 0 Å². The van der Waals surface area contributed by atoms with Crippen molar-refractivity contribution in [2.24, 2.45) is 0 Å². The molecule has 3 unspecified atom stereocenters. The number of rotatable bonds is 3. The van der Waals surface area contributed by atoms with Gasteiger partial charge in [-0.05, 0) is 50.3 Å². The van der Waals surface area contributed by atoms with E-state index < -0.39 is 29.5 Å². The molecule has 0 bridgehead atoms. The van der Waals surface area contributed by atoms with E-state index in [1.807, 2.05) is 11.8 Å². The third kappa shape index (κ3) is 3.50. The maximum Gasteiger partial charge on any atom is 0.257 e. The number of benzene rings is 1. The SMILES string of the molecule is Cc1cnc(C(O)N2CCC3(CC2)OC2CCC(c4cc(F)cc(F)c4)N2C3=O)cn1. The zero-order valence-corrected chi connectivity index (χ0v) is 17.2. The predicted molar refractivity (Wildman–Crippen MR) is 105 cm³/mol. The van der Waals surface area contributed by atoms with Crippen LogP contribution in [-0.2, 0) is 9.53 Å². The van der Waals surface area contributed by atoms with Crippen molar-refractivity contribution in [1.82, 2.24) is 19.8 Å². The van der Waals surface area contributed by atoms with Crippen LogP contribution in [0.5, 0.6) is 0 Å². The number of hydrogen-bond acceptors (Lipinski definition) is 6. The van der Waals surface area contributed by atoms with E-state index in [1.165, 1.54) is 12.1 Å². The highest BCUT2D eigenvalue weighted by molar-refractivity contribution is 5.88. The Kier molecular flexibility index (Phi) is 4.99. The van der Waals surface area contributed by atoms with Crippen molar-refractivity contribution >= 4 is 5.91 Å². The van der Waals surface area contributed by atoms with E-state index in [0.717, 1.165) is 11.8 Å². The molecule has 3 fully saturated rings. The molecule has 1 spiro atoms. The van der Waals surface area contributed by atoms with E-state index in [-0.39, 0.29) is 12.1 Å². The van der Waals surface area contributed by atoms with Crippen LogP contribution in [0, 0.1) is 18.6 Å². The van der Waals surface area contributed by atoms with E-state index in [0.29, 0.717) is 50.0 Å². The molecule has 9 heteroatoms. The lowest BCUT2D eigenvalue weighted by atomic mass is 9.89. The predicted octanol–water partition coefficient (Wildman–Crippen LogP) is 2.61. The minimum atomic E-state index is -0.954. The summed E-state index contributed by atoms with van der Waals surface area (Å²) < 4.78 is 33.7. The molecule has 31 heavy (non-hydrogen) atoms. The first-order valence-corrected chi connectivity index (χ1v) is 10.5. The number of halogens is 2. The molecule has 1 N–H and O–H groups in total. The number of aliphatic hydroxyl groups excluding tert-OH is 1. The number of hydrogen-bond donors (Lipinski definition) is 1. The van der Waals surface area contributed by atoms with Gasteiger partial charge in [-0.1, -0.05) is 0 Å². The number of carbonyl (C=O) groups is 1. The molecular weight excluding hydrogens is 406 g/mol. The van der Waals surface area contributed by atoms with E-state index in [1.54, 1.807) is 17.3 Å². The molecule has 3 atom stereocenters. The van der Waals surface area contributed by atoms with Gasteiger partial charge in [-0.2, -0.15) is 0 Å². The molecule has 3 aliphatic heterocycles. The lowest BCUT2D eigenvalue weighted by Gasteiger charge is -2.39. The Bertz CT molecular complexity index is 975. The van der Waals surface area contributed by atoms with Crippen LogP contribution < -0.4 is 0 Å². The largest absolute Gasteiger partial charge is 0.372 e. The first kappa shape index (κ1) is 20.4. The first-order valence-electron chi connectivity index (χ1n) is 10.5. The Balaban J connectivity index is 1.30. The van der Waals surface area contributed by atoms with E-state index in [9.17, 15) is 18.7 Å². The van der Waals surface area contributed by atoms with Gasteiger partial charge in [0.2, 0.25) is 0 Å². The molecule has 3 aliphatic rings. The van der Waals surface area contributed by atoms with E-state index in [2.05, 4.69) is 9.97 Å². The van der Waals surface area contributed by atoms with Crippen LogP contribution >= 0.6 is 0 Å². The molecule has 0 saturated carbocycles. The fraction of sp³-hybridized carbons (Fsp3) is 0.500. The summed E-state index contributed by atoms with van der Waals surface area (Å²) in [5.74, 6) is -1.43. The van der Waals surface area contributed by atoms with Crippen LogP contribution in [0.15, 0.2) is 30.6 Å². The Morgan fingerprint density at radius 3 is 2.48 bits per heavy atom. The van der Waals surface area contributed by atoms with Crippen molar-refractivity contribution in [2.75, 3.05) is 13.1 Å². The van der Waals surface area contributed by atoms with Gasteiger partial charge in [0.05, 0.1) is 17.9 Å². The van der Waals surface area contributed by atoms with Crippen LogP contribution in [-0.4, -0.2) is 55.7 Å². The molecule has 2 aromatic rings. The van der Waals surface area contributed by atoms with Gasteiger partial charge < -0.3 is 14.7 Å². The second kappa shape index (κ2) is 7.58. The third-order valence-electron chi connectivity index (χ3n) is 6.61. The zero-order valence-electron chi connectivity index (χ0n) is 17.2. The molecule has 4 heterocycles. The number of carbonyl (C=O) groups excluding carboxylic acids is 1. The van der Waals surface area contributed by atoms with Gasteiger partial charge >= 0.3 is 0 Å². The number of fused-ring (bicyclic) bond motifs is 1. The summed E-state index contributed by atoms with van der Waals surface area (Å²) in [7, 11) is 0. The van der Waals surface area contributed by atoms with Gasteiger partial charge in [-0.25, -0.2) is 8.78 Å². The lowest BCUT2D eigenvalue weighted by Crippen LogP contribution is -2.51. The van der Waals surface area contributed by atoms with Crippen LogP contribution in [0.3, 0.4) is 0 Å². The summed E-state index contributed by atoms with van der Waals surface area (Å²) in [4.78, 5) is 25.3. The highest BCUT2D eigenvalue weighted by Crippen LogP contribution is 2.48. The summed E-state index contributed by atoms with van der Waals surface area (Å²) in [6.07, 6.45) is 3.97. The van der Waals surface area contributed by atoms with Crippen molar-refractivity contribution in [1.29, 1.82) is 0 Å². The molecule has 1 aromatic carbocycles. The maximum atomic E-state index is 13.7. The van der Waals surface area contributed by atoms with Crippen molar-refractivity contribution in [3.8, 4) is 0 Å². The standard InChI is InChI=1S/C22H24F2N4O3/c1-13-11-26-17(12-25-13)20(29)27-6-4-22(5-7-27)21(30)28-18(2-3-19(28)31-22)14-8-15(23)10-16(24)9-14/h8-12,18-20,29H,2-7H2,1H3. The number of aryl methyl sites for hydroxylation is 1. The van der Waals surface area contributed by atoms with Gasteiger partial charge in [0.15, 0.2) is 11.8 Å². The third-order valence-corrected chi connectivity index (χ3v) is 6.61. The smallest absolute Gasteiger partial charge is 0.257 e. The molecule has 0 radical (unpaired) electrons.